The molecule has 0 aromatic heterocycles. The van der Waals surface area contributed by atoms with Crippen molar-refractivity contribution in [2.45, 2.75) is 110 Å². The van der Waals surface area contributed by atoms with E-state index in [4.69, 9.17) is 4.74 Å². The maximum atomic E-state index is 5.72. The highest BCUT2D eigenvalue weighted by molar-refractivity contribution is 4.58. The molecule has 0 saturated carbocycles. The zero-order valence-corrected chi connectivity index (χ0v) is 14.1. The Morgan fingerprint density at radius 2 is 0.947 bits per heavy atom. The predicted octanol–water partition coefficient (Wildman–Crippen LogP) is 6.50. The second-order valence-electron chi connectivity index (χ2n) is 6.85. The van der Waals surface area contributed by atoms with Gasteiger partial charge < -0.3 is 4.74 Å². The van der Waals surface area contributed by atoms with Crippen molar-refractivity contribution in [1.29, 1.82) is 0 Å². The Morgan fingerprint density at radius 3 is 1.32 bits per heavy atom. The molecule has 1 nitrogen and oxygen atoms in total. The van der Waals surface area contributed by atoms with Crippen LogP contribution in [0.5, 0.6) is 0 Å². The highest BCUT2D eigenvalue weighted by atomic mass is 16.5. The van der Waals surface area contributed by atoms with Crippen LogP contribution in [-0.4, -0.2) is 12.2 Å². The number of hydrogen-bond acceptors (Lipinski definition) is 1. The first-order chi connectivity index (χ1) is 9.06. The summed E-state index contributed by atoms with van der Waals surface area (Å²) in [5, 5.41) is 0. The summed E-state index contributed by atoms with van der Waals surface area (Å²) in [4.78, 5) is 0. The molecule has 116 valence electrons. The van der Waals surface area contributed by atoms with Crippen molar-refractivity contribution in [3.63, 3.8) is 0 Å². The molecule has 0 unspecified atom stereocenters. The maximum Gasteiger partial charge on any atom is 0.0598 e. The Labute approximate surface area is 122 Å². The second kappa shape index (κ2) is 13.0. The molecule has 0 atom stereocenters. The molecule has 0 aromatic carbocycles. The van der Waals surface area contributed by atoms with E-state index in [2.05, 4.69) is 27.7 Å². The molecule has 0 radical (unpaired) electrons. The molecule has 0 aliphatic heterocycles. The van der Waals surface area contributed by atoms with Crippen molar-refractivity contribution in [3.8, 4) is 0 Å². The van der Waals surface area contributed by atoms with Gasteiger partial charge in [-0.15, -0.1) is 0 Å². The normalized spacial score (nSPS) is 12.0. The van der Waals surface area contributed by atoms with Crippen molar-refractivity contribution in [3.05, 3.63) is 0 Å². The standard InChI is InChI=1S/C18H38O/c1-5-6-7-8-9-10-11-12-13-14-15-16-17-19-18(2,3)4/h5-17H2,1-4H3. The van der Waals surface area contributed by atoms with Crippen LogP contribution < -0.4 is 0 Å². The predicted molar refractivity (Wildman–Crippen MR) is 86.8 cm³/mol. The maximum absolute atomic E-state index is 5.72. The fraction of sp³-hybridized carbons (Fsp3) is 1.00. The van der Waals surface area contributed by atoms with Crippen LogP contribution in [0, 0.1) is 0 Å². The Balaban J connectivity index is 2.99. The van der Waals surface area contributed by atoms with Gasteiger partial charge in [0, 0.05) is 6.61 Å². The highest BCUT2D eigenvalue weighted by Crippen LogP contribution is 2.13. The van der Waals surface area contributed by atoms with Crippen LogP contribution in [0.25, 0.3) is 0 Å². The SMILES string of the molecule is CCCCCCCCCCCCCCOC(C)(C)C. The molecule has 0 saturated heterocycles. The molecule has 0 fully saturated rings. The van der Waals surface area contributed by atoms with E-state index in [0.29, 0.717) is 0 Å². The van der Waals surface area contributed by atoms with E-state index in [0.717, 1.165) is 6.61 Å². The summed E-state index contributed by atoms with van der Waals surface area (Å²) in [6.45, 7) is 9.61. The summed E-state index contributed by atoms with van der Waals surface area (Å²) in [6, 6.07) is 0. The molecule has 0 rings (SSSR count). The third-order valence-electron chi connectivity index (χ3n) is 3.53. The van der Waals surface area contributed by atoms with E-state index in [1.54, 1.807) is 0 Å². The van der Waals surface area contributed by atoms with Crippen LogP contribution in [0.15, 0.2) is 0 Å². The van der Waals surface area contributed by atoms with Crippen LogP contribution in [0.4, 0.5) is 0 Å². The van der Waals surface area contributed by atoms with E-state index in [1.165, 1.54) is 77.0 Å². The first-order valence-corrected chi connectivity index (χ1v) is 8.70. The van der Waals surface area contributed by atoms with Gasteiger partial charge in [0.1, 0.15) is 0 Å². The lowest BCUT2D eigenvalue weighted by atomic mass is 10.1. The summed E-state index contributed by atoms with van der Waals surface area (Å²) >= 11 is 0. The molecule has 0 N–H and O–H groups in total. The minimum Gasteiger partial charge on any atom is -0.376 e. The largest absolute Gasteiger partial charge is 0.376 e. The van der Waals surface area contributed by atoms with Crippen LogP contribution in [0.2, 0.25) is 0 Å². The molecule has 0 bridgehead atoms. The summed E-state index contributed by atoms with van der Waals surface area (Å²) in [5.41, 5.74) is 0.0395. The molecular formula is C18H38O. The zero-order valence-electron chi connectivity index (χ0n) is 14.1. The fourth-order valence-corrected chi connectivity index (χ4v) is 2.32. The number of hydrogen-bond donors (Lipinski definition) is 0. The molecular weight excluding hydrogens is 232 g/mol. The molecule has 0 aromatic rings. The fourth-order valence-electron chi connectivity index (χ4n) is 2.32. The third kappa shape index (κ3) is 18.0. The summed E-state index contributed by atoms with van der Waals surface area (Å²) in [6.07, 6.45) is 16.9. The Hall–Kier alpha value is -0.0400. The van der Waals surface area contributed by atoms with Crippen LogP contribution in [0.3, 0.4) is 0 Å². The van der Waals surface area contributed by atoms with Gasteiger partial charge in [0.25, 0.3) is 0 Å². The summed E-state index contributed by atoms with van der Waals surface area (Å²) in [7, 11) is 0. The number of rotatable bonds is 13. The van der Waals surface area contributed by atoms with Gasteiger partial charge in [-0.3, -0.25) is 0 Å². The number of ether oxygens (including phenoxy) is 1. The van der Waals surface area contributed by atoms with Crippen molar-refractivity contribution < 1.29 is 4.74 Å². The van der Waals surface area contributed by atoms with Crippen LogP contribution in [0.1, 0.15) is 105 Å². The van der Waals surface area contributed by atoms with Gasteiger partial charge >= 0.3 is 0 Å². The smallest absolute Gasteiger partial charge is 0.0598 e. The van der Waals surface area contributed by atoms with E-state index in [9.17, 15) is 0 Å². The molecule has 0 heterocycles. The Morgan fingerprint density at radius 1 is 0.579 bits per heavy atom. The minimum atomic E-state index is 0.0395. The molecule has 0 aliphatic rings. The second-order valence-corrected chi connectivity index (χ2v) is 6.85. The van der Waals surface area contributed by atoms with Crippen LogP contribution >= 0.6 is 0 Å². The lowest BCUT2D eigenvalue weighted by Crippen LogP contribution is -2.19. The van der Waals surface area contributed by atoms with Gasteiger partial charge in [-0.25, -0.2) is 0 Å². The molecule has 0 aliphatic carbocycles. The van der Waals surface area contributed by atoms with E-state index >= 15 is 0 Å². The van der Waals surface area contributed by atoms with E-state index < -0.39 is 0 Å². The molecule has 0 amide bonds. The van der Waals surface area contributed by atoms with Gasteiger partial charge in [-0.2, -0.15) is 0 Å². The van der Waals surface area contributed by atoms with Gasteiger partial charge in [0.2, 0.25) is 0 Å². The van der Waals surface area contributed by atoms with E-state index in [-0.39, 0.29) is 5.60 Å². The molecule has 0 spiro atoms. The lowest BCUT2D eigenvalue weighted by Gasteiger charge is -2.19. The zero-order chi connectivity index (χ0) is 14.4. The van der Waals surface area contributed by atoms with Crippen molar-refractivity contribution >= 4 is 0 Å². The molecule has 1 heteroatoms. The van der Waals surface area contributed by atoms with Gasteiger partial charge in [-0.05, 0) is 27.2 Å². The Kier molecular flexibility index (Phi) is 12.9. The van der Waals surface area contributed by atoms with E-state index in [1.807, 2.05) is 0 Å². The quantitative estimate of drug-likeness (QED) is 0.347. The first-order valence-electron chi connectivity index (χ1n) is 8.70. The average molecular weight is 271 g/mol. The van der Waals surface area contributed by atoms with Crippen LogP contribution in [-0.2, 0) is 4.74 Å². The monoisotopic (exact) mass is 270 g/mol. The van der Waals surface area contributed by atoms with Gasteiger partial charge in [-0.1, -0.05) is 77.6 Å². The van der Waals surface area contributed by atoms with Crippen molar-refractivity contribution in [2.75, 3.05) is 6.61 Å². The van der Waals surface area contributed by atoms with Crippen molar-refractivity contribution in [2.24, 2.45) is 0 Å². The summed E-state index contributed by atoms with van der Waals surface area (Å²) in [5.74, 6) is 0. The molecule has 19 heavy (non-hydrogen) atoms. The third-order valence-corrected chi connectivity index (χ3v) is 3.53. The first kappa shape index (κ1) is 19.0. The van der Waals surface area contributed by atoms with Gasteiger partial charge in [0.15, 0.2) is 0 Å². The lowest BCUT2D eigenvalue weighted by molar-refractivity contribution is -0.00474. The number of unbranched alkanes of at least 4 members (excludes halogenated alkanes) is 11. The topological polar surface area (TPSA) is 9.23 Å². The highest BCUT2D eigenvalue weighted by Gasteiger charge is 2.08. The van der Waals surface area contributed by atoms with Crippen molar-refractivity contribution in [1.82, 2.24) is 0 Å². The van der Waals surface area contributed by atoms with Gasteiger partial charge in [0.05, 0.1) is 5.60 Å². The Bertz CT molecular complexity index is 169. The minimum absolute atomic E-state index is 0.0395. The average Bonchev–Trinajstić information content (AvgIpc) is 2.34. The summed E-state index contributed by atoms with van der Waals surface area (Å²) < 4.78 is 5.72.